The highest BCUT2D eigenvalue weighted by Gasteiger charge is 2.25. The molecule has 1 aliphatic carbocycles. The number of Topliss-reactive ketones (excluding diaryl/α,β-unsaturated/α-hetero) is 1. The van der Waals surface area contributed by atoms with Gasteiger partial charge in [0.1, 0.15) is 5.82 Å². The van der Waals surface area contributed by atoms with Crippen LogP contribution in [0.25, 0.3) is 10.1 Å². The molecule has 5 nitrogen and oxygen atoms in total. The van der Waals surface area contributed by atoms with Crippen molar-refractivity contribution < 1.29 is 4.79 Å². The predicted molar refractivity (Wildman–Crippen MR) is 133 cm³/mol. The monoisotopic (exact) mass is 450 g/mol. The van der Waals surface area contributed by atoms with Crippen LogP contribution in [0.4, 0.5) is 5.82 Å². The molecule has 2 fully saturated rings. The number of piperazine rings is 1. The Hall–Kier alpha value is -2.18. The molecule has 1 aliphatic heterocycles. The molecular weight excluding hydrogens is 416 g/mol. The second-order valence-electron chi connectivity index (χ2n) is 9.69. The number of nitrogens with one attached hydrogen (secondary N) is 1. The normalized spacial score (nSPS) is 22.5. The van der Waals surface area contributed by atoms with Gasteiger partial charge in [0.15, 0.2) is 5.78 Å². The highest BCUT2D eigenvalue weighted by Crippen LogP contribution is 2.34. The van der Waals surface area contributed by atoms with Crippen molar-refractivity contribution in [2.45, 2.75) is 45.4 Å². The Morgan fingerprint density at radius 3 is 2.53 bits per heavy atom. The smallest absolute Gasteiger partial charge is 0.179 e. The lowest BCUT2D eigenvalue weighted by atomic mass is 9.78. The molecule has 0 unspecified atom stereocenters. The molecular formula is C26H34N4OS. The van der Waals surface area contributed by atoms with E-state index in [2.05, 4.69) is 39.0 Å². The van der Waals surface area contributed by atoms with Gasteiger partial charge in [-0.25, -0.2) is 0 Å². The maximum atomic E-state index is 12.5. The van der Waals surface area contributed by atoms with Crippen LogP contribution in [-0.4, -0.2) is 52.8 Å². The molecule has 3 heterocycles. The van der Waals surface area contributed by atoms with Crippen LogP contribution in [0.1, 0.15) is 54.7 Å². The van der Waals surface area contributed by atoms with Crippen molar-refractivity contribution in [1.82, 2.24) is 14.3 Å². The number of hydrogen-bond donors (Lipinski definition) is 1. The second-order valence-corrected chi connectivity index (χ2v) is 10.5. The van der Waals surface area contributed by atoms with E-state index in [4.69, 9.17) is 4.37 Å². The Labute approximate surface area is 195 Å². The summed E-state index contributed by atoms with van der Waals surface area (Å²) >= 11 is 1.61. The number of aromatic nitrogens is 2. The summed E-state index contributed by atoms with van der Waals surface area (Å²) in [6.45, 7) is 7.61. The first-order valence-corrected chi connectivity index (χ1v) is 12.9. The van der Waals surface area contributed by atoms with E-state index in [-0.39, 0.29) is 5.78 Å². The van der Waals surface area contributed by atoms with Gasteiger partial charge in [-0.3, -0.25) is 9.69 Å². The van der Waals surface area contributed by atoms with Gasteiger partial charge in [0.05, 0.1) is 10.4 Å². The number of nitrogens with zero attached hydrogens (tertiary/aromatic N) is 3. The Balaban J connectivity index is 1.03. The molecule has 1 N–H and O–H groups in total. The lowest BCUT2D eigenvalue weighted by Crippen LogP contribution is -2.47. The molecule has 170 valence electrons. The average Bonchev–Trinajstić information content (AvgIpc) is 3.45. The first kappa shape index (κ1) is 21.7. The van der Waals surface area contributed by atoms with Crippen LogP contribution in [0.15, 0.2) is 36.4 Å². The lowest BCUT2D eigenvalue weighted by molar-refractivity contribution is 0.0935. The summed E-state index contributed by atoms with van der Waals surface area (Å²) in [5.74, 6) is 2.85. The third kappa shape index (κ3) is 4.91. The summed E-state index contributed by atoms with van der Waals surface area (Å²) < 4.78 is 6.02. The highest BCUT2D eigenvalue weighted by atomic mass is 32.1. The summed E-state index contributed by atoms with van der Waals surface area (Å²) in [5.41, 5.74) is 1.85. The molecule has 0 spiro atoms. The van der Waals surface area contributed by atoms with Crippen LogP contribution in [0.3, 0.4) is 0 Å². The Morgan fingerprint density at radius 1 is 1.03 bits per heavy atom. The minimum absolute atomic E-state index is 0.285. The van der Waals surface area contributed by atoms with Crippen molar-refractivity contribution in [3.05, 3.63) is 47.8 Å². The number of fused-ring (bicyclic) bond motifs is 1. The van der Waals surface area contributed by atoms with Crippen LogP contribution < -0.4 is 4.90 Å². The SMILES string of the molecule is Cc1ccc(C(=O)CC2CCC(CCN3CCN(c4nsc5ccccc45)CC3)CC2)[nH]1. The van der Waals surface area contributed by atoms with Crippen molar-refractivity contribution in [3.63, 3.8) is 0 Å². The summed E-state index contributed by atoms with van der Waals surface area (Å²) in [6.07, 6.45) is 7.00. The maximum Gasteiger partial charge on any atom is 0.179 e. The summed E-state index contributed by atoms with van der Waals surface area (Å²) in [4.78, 5) is 20.8. The van der Waals surface area contributed by atoms with E-state index < -0.39 is 0 Å². The van der Waals surface area contributed by atoms with E-state index in [1.54, 1.807) is 11.5 Å². The van der Waals surface area contributed by atoms with E-state index in [1.807, 2.05) is 19.1 Å². The average molecular weight is 451 g/mol. The molecule has 32 heavy (non-hydrogen) atoms. The van der Waals surface area contributed by atoms with E-state index in [0.717, 1.165) is 43.5 Å². The van der Waals surface area contributed by atoms with Gasteiger partial charge in [-0.1, -0.05) is 25.0 Å². The fourth-order valence-corrected chi connectivity index (χ4v) is 6.21. The molecule has 0 amide bonds. The fraction of sp³-hybridized carbons (Fsp3) is 0.538. The van der Waals surface area contributed by atoms with Crippen molar-refractivity contribution in [2.75, 3.05) is 37.6 Å². The number of benzene rings is 1. The Bertz CT molecular complexity index is 1040. The molecule has 5 rings (SSSR count). The molecule has 2 aliphatic rings. The number of carbonyl (C=O) groups excluding carboxylic acids is 1. The molecule has 0 bridgehead atoms. The molecule has 6 heteroatoms. The van der Waals surface area contributed by atoms with Crippen molar-refractivity contribution >= 4 is 33.2 Å². The zero-order valence-electron chi connectivity index (χ0n) is 19.1. The molecule has 0 atom stereocenters. The van der Waals surface area contributed by atoms with Crippen LogP contribution >= 0.6 is 11.5 Å². The third-order valence-corrected chi connectivity index (χ3v) is 8.27. The maximum absolute atomic E-state index is 12.5. The van der Waals surface area contributed by atoms with Gasteiger partial charge in [-0.05, 0) is 80.4 Å². The van der Waals surface area contributed by atoms with Crippen LogP contribution in [0.2, 0.25) is 0 Å². The quantitative estimate of drug-likeness (QED) is 0.481. The lowest BCUT2D eigenvalue weighted by Gasteiger charge is -2.36. The first-order valence-electron chi connectivity index (χ1n) is 12.2. The summed E-state index contributed by atoms with van der Waals surface area (Å²) in [7, 11) is 0. The second kappa shape index (κ2) is 9.75. The van der Waals surface area contributed by atoms with Crippen molar-refractivity contribution in [1.29, 1.82) is 0 Å². The fourth-order valence-electron chi connectivity index (χ4n) is 5.41. The largest absolute Gasteiger partial charge is 0.356 e. The van der Waals surface area contributed by atoms with Gasteiger partial charge in [-0.15, -0.1) is 0 Å². The van der Waals surface area contributed by atoms with Crippen molar-refractivity contribution in [3.8, 4) is 0 Å². The number of aryl methyl sites for hydroxylation is 1. The number of ketones is 1. The van der Waals surface area contributed by atoms with Crippen LogP contribution in [0.5, 0.6) is 0 Å². The number of rotatable bonds is 7. The first-order chi connectivity index (χ1) is 15.7. The van der Waals surface area contributed by atoms with Gasteiger partial charge in [0, 0.05) is 43.7 Å². The number of anilines is 1. The molecule has 0 radical (unpaired) electrons. The van der Waals surface area contributed by atoms with E-state index in [0.29, 0.717) is 12.3 Å². The van der Waals surface area contributed by atoms with Crippen LogP contribution in [0, 0.1) is 18.8 Å². The Kier molecular flexibility index (Phi) is 6.60. The summed E-state index contributed by atoms with van der Waals surface area (Å²) in [6, 6.07) is 12.5. The zero-order chi connectivity index (χ0) is 21.9. The van der Waals surface area contributed by atoms with Gasteiger partial charge in [0.2, 0.25) is 0 Å². The molecule has 1 saturated carbocycles. The van der Waals surface area contributed by atoms with E-state index in [1.165, 1.54) is 54.6 Å². The predicted octanol–water partition coefficient (Wildman–Crippen LogP) is 5.52. The number of aromatic amines is 1. The number of carbonyl (C=O) groups is 1. The molecule has 3 aromatic rings. The minimum atomic E-state index is 0.285. The molecule has 2 aromatic heterocycles. The molecule has 1 saturated heterocycles. The van der Waals surface area contributed by atoms with Gasteiger partial charge in [0.25, 0.3) is 0 Å². The van der Waals surface area contributed by atoms with Gasteiger partial charge < -0.3 is 9.88 Å². The topological polar surface area (TPSA) is 52.2 Å². The van der Waals surface area contributed by atoms with Gasteiger partial charge in [-0.2, -0.15) is 4.37 Å². The van der Waals surface area contributed by atoms with Crippen LogP contribution in [-0.2, 0) is 0 Å². The van der Waals surface area contributed by atoms with E-state index >= 15 is 0 Å². The third-order valence-electron chi connectivity index (χ3n) is 7.46. The van der Waals surface area contributed by atoms with E-state index in [9.17, 15) is 4.79 Å². The van der Waals surface area contributed by atoms with Gasteiger partial charge >= 0.3 is 0 Å². The number of H-pyrrole nitrogens is 1. The Morgan fingerprint density at radius 2 is 1.78 bits per heavy atom. The zero-order valence-corrected chi connectivity index (χ0v) is 19.9. The minimum Gasteiger partial charge on any atom is -0.356 e. The molecule has 1 aromatic carbocycles. The highest BCUT2D eigenvalue weighted by molar-refractivity contribution is 7.13. The van der Waals surface area contributed by atoms with Crippen molar-refractivity contribution in [2.24, 2.45) is 11.8 Å². The number of hydrogen-bond acceptors (Lipinski definition) is 5. The standard InChI is InChI=1S/C26H34N4OS/c1-19-6-11-23(27-19)24(31)18-21-9-7-20(8-10-21)12-13-29-14-16-30(17-15-29)26-22-4-2-3-5-25(22)32-28-26/h2-6,11,20-21,27H,7-10,12-18H2,1H3. The summed E-state index contributed by atoms with van der Waals surface area (Å²) in [5, 5.41) is 1.30.